The van der Waals surface area contributed by atoms with Gasteiger partial charge in [-0.05, 0) is 55.2 Å². The van der Waals surface area contributed by atoms with Crippen LogP contribution in [0.3, 0.4) is 0 Å². The molecule has 1 N–H and O–H groups in total. The van der Waals surface area contributed by atoms with Crippen molar-refractivity contribution in [2.24, 2.45) is 0 Å². The molecule has 104 valence electrons. The van der Waals surface area contributed by atoms with Crippen molar-refractivity contribution < 1.29 is 9.13 Å². The fourth-order valence-electron chi connectivity index (χ4n) is 2.35. The Morgan fingerprint density at radius 3 is 2.90 bits per heavy atom. The van der Waals surface area contributed by atoms with Crippen LogP contribution in [-0.4, -0.2) is 11.5 Å². The summed E-state index contributed by atoms with van der Waals surface area (Å²) in [5, 5.41) is 3.25. The van der Waals surface area contributed by atoms with E-state index in [1.165, 1.54) is 11.6 Å². The lowest BCUT2D eigenvalue weighted by Gasteiger charge is -2.11. The second-order valence-corrected chi connectivity index (χ2v) is 5.07. The van der Waals surface area contributed by atoms with E-state index >= 15 is 0 Å². The van der Waals surface area contributed by atoms with Crippen LogP contribution in [0.2, 0.25) is 0 Å². The Morgan fingerprint density at radius 1 is 1.20 bits per heavy atom. The van der Waals surface area contributed by atoms with Crippen molar-refractivity contribution in [3.8, 4) is 5.75 Å². The Balaban J connectivity index is 1.75. The number of fused-ring (bicyclic) bond motifs is 1. The van der Waals surface area contributed by atoms with E-state index < -0.39 is 0 Å². The molecule has 0 atom stereocenters. The van der Waals surface area contributed by atoms with Gasteiger partial charge in [0.25, 0.3) is 0 Å². The van der Waals surface area contributed by atoms with Crippen LogP contribution in [0, 0.1) is 19.7 Å². The summed E-state index contributed by atoms with van der Waals surface area (Å²) in [6, 6.07) is 7.18. The van der Waals surface area contributed by atoms with E-state index in [4.69, 9.17) is 4.74 Å². The molecule has 0 saturated carbocycles. The van der Waals surface area contributed by atoms with Crippen molar-refractivity contribution in [2.45, 2.75) is 26.9 Å². The molecule has 0 aliphatic carbocycles. The first-order chi connectivity index (χ1) is 9.65. The maximum absolute atomic E-state index is 13.4. The smallest absolute Gasteiger partial charge is 0.130 e. The summed E-state index contributed by atoms with van der Waals surface area (Å²) >= 11 is 0. The maximum atomic E-state index is 13.4. The van der Waals surface area contributed by atoms with E-state index in [9.17, 15) is 4.39 Å². The lowest BCUT2D eigenvalue weighted by atomic mass is 10.1. The molecule has 0 saturated heterocycles. The van der Waals surface area contributed by atoms with Crippen LogP contribution in [0.1, 0.15) is 22.4 Å². The first-order valence-corrected chi connectivity index (χ1v) is 6.76. The molecule has 0 radical (unpaired) electrons. The number of halogens is 1. The van der Waals surface area contributed by atoms with Crippen molar-refractivity contribution >= 4 is 5.82 Å². The minimum Gasteiger partial charge on any atom is -0.487 e. The largest absolute Gasteiger partial charge is 0.487 e. The van der Waals surface area contributed by atoms with Crippen molar-refractivity contribution in [1.82, 2.24) is 4.98 Å². The lowest BCUT2D eigenvalue weighted by molar-refractivity contribution is 0.298. The van der Waals surface area contributed by atoms with Gasteiger partial charge in [-0.25, -0.2) is 9.37 Å². The summed E-state index contributed by atoms with van der Waals surface area (Å²) in [7, 11) is 0. The molecule has 0 fully saturated rings. The molecular formula is C16H17FN2O. The van der Waals surface area contributed by atoms with Gasteiger partial charge >= 0.3 is 0 Å². The Hall–Kier alpha value is -2.10. The van der Waals surface area contributed by atoms with Gasteiger partial charge in [0.1, 0.15) is 24.0 Å². The zero-order valence-corrected chi connectivity index (χ0v) is 11.7. The van der Waals surface area contributed by atoms with E-state index in [1.807, 2.05) is 13.0 Å². The molecule has 2 aromatic rings. The Bertz CT molecular complexity index is 655. The predicted octanol–water partition coefficient (Wildman–Crippen LogP) is 3.38. The van der Waals surface area contributed by atoms with Crippen molar-refractivity contribution in [3.63, 3.8) is 0 Å². The lowest BCUT2D eigenvalue weighted by Crippen LogP contribution is -2.02. The zero-order valence-electron chi connectivity index (χ0n) is 11.7. The average Bonchev–Trinajstić information content (AvgIpc) is 2.91. The normalized spacial score (nSPS) is 12.9. The van der Waals surface area contributed by atoms with E-state index in [0.29, 0.717) is 17.9 Å². The molecular weight excluding hydrogens is 255 g/mol. The Labute approximate surface area is 117 Å². The Kier molecular flexibility index (Phi) is 3.30. The Morgan fingerprint density at radius 2 is 2.05 bits per heavy atom. The summed E-state index contributed by atoms with van der Waals surface area (Å²) in [4.78, 5) is 4.53. The monoisotopic (exact) mass is 272 g/mol. The molecule has 4 heteroatoms. The van der Waals surface area contributed by atoms with Gasteiger partial charge in [-0.3, -0.25) is 0 Å². The SMILES string of the molecule is Cc1c(F)ccc(OCc2ccc3c(n2)NCC3)c1C. The minimum absolute atomic E-state index is 0.199. The summed E-state index contributed by atoms with van der Waals surface area (Å²) in [5.41, 5.74) is 3.59. The number of rotatable bonds is 3. The van der Waals surface area contributed by atoms with Gasteiger partial charge < -0.3 is 10.1 Å². The summed E-state index contributed by atoms with van der Waals surface area (Å²) < 4.78 is 19.2. The topological polar surface area (TPSA) is 34.1 Å². The third-order valence-corrected chi connectivity index (χ3v) is 3.77. The van der Waals surface area contributed by atoms with Gasteiger partial charge in [0.2, 0.25) is 0 Å². The number of aromatic nitrogens is 1. The number of nitrogens with zero attached hydrogens (tertiary/aromatic N) is 1. The molecule has 1 aliphatic rings. The molecule has 0 spiro atoms. The number of hydrogen-bond donors (Lipinski definition) is 1. The van der Waals surface area contributed by atoms with Crippen LogP contribution in [-0.2, 0) is 13.0 Å². The molecule has 3 nitrogen and oxygen atoms in total. The zero-order chi connectivity index (χ0) is 14.1. The summed E-state index contributed by atoms with van der Waals surface area (Å²) in [5.74, 6) is 1.46. The van der Waals surface area contributed by atoms with Gasteiger partial charge in [0, 0.05) is 6.54 Å². The van der Waals surface area contributed by atoms with Gasteiger partial charge in [-0.2, -0.15) is 0 Å². The highest BCUT2D eigenvalue weighted by molar-refractivity contribution is 5.49. The highest BCUT2D eigenvalue weighted by atomic mass is 19.1. The molecule has 0 unspecified atom stereocenters. The van der Waals surface area contributed by atoms with E-state index in [1.54, 1.807) is 13.0 Å². The third kappa shape index (κ3) is 2.33. The average molecular weight is 272 g/mol. The van der Waals surface area contributed by atoms with Gasteiger partial charge in [0.15, 0.2) is 0 Å². The number of nitrogens with one attached hydrogen (secondary N) is 1. The molecule has 0 bridgehead atoms. The van der Waals surface area contributed by atoms with Crippen LogP contribution in [0.15, 0.2) is 24.3 Å². The van der Waals surface area contributed by atoms with Crippen molar-refractivity contribution in [1.29, 1.82) is 0 Å². The fraction of sp³-hybridized carbons (Fsp3) is 0.312. The molecule has 1 aromatic carbocycles. The van der Waals surface area contributed by atoms with Crippen LogP contribution >= 0.6 is 0 Å². The molecule has 1 aromatic heterocycles. The summed E-state index contributed by atoms with van der Waals surface area (Å²) in [6.07, 6.45) is 1.03. The molecule has 0 amide bonds. The third-order valence-electron chi connectivity index (χ3n) is 3.77. The fourth-order valence-corrected chi connectivity index (χ4v) is 2.35. The molecule has 3 rings (SSSR count). The number of anilines is 1. The van der Waals surface area contributed by atoms with Crippen molar-refractivity contribution in [2.75, 3.05) is 11.9 Å². The molecule has 1 aliphatic heterocycles. The van der Waals surface area contributed by atoms with Gasteiger partial charge in [0.05, 0.1) is 5.69 Å². The van der Waals surface area contributed by atoms with E-state index in [0.717, 1.165) is 30.0 Å². The van der Waals surface area contributed by atoms with Gasteiger partial charge in [-0.1, -0.05) is 6.07 Å². The van der Waals surface area contributed by atoms with E-state index in [-0.39, 0.29) is 5.82 Å². The molecule has 2 heterocycles. The number of ether oxygens (including phenoxy) is 1. The summed E-state index contributed by atoms with van der Waals surface area (Å²) in [6.45, 7) is 4.96. The highest BCUT2D eigenvalue weighted by Gasteiger charge is 2.12. The minimum atomic E-state index is -0.199. The van der Waals surface area contributed by atoms with Gasteiger partial charge in [-0.15, -0.1) is 0 Å². The first kappa shape index (κ1) is 12.9. The predicted molar refractivity (Wildman–Crippen MR) is 76.6 cm³/mol. The first-order valence-electron chi connectivity index (χ1n) is 6.76. The van der Waals surface area contributed by atoms with Crippen LogP contribution in [0.5, 0.6) is 5.75 Å². The highest BCUT2D eigenvalue weighted by Crippen LogP contribution is 2.25. The van der Waals surface area contributed by atoms with E-state index in [2.05, 4.69) is 16.4 Å². The number of hydrogen-bond acceptors (Lipinski definition) is 3. The quantitative estimate of drug-likeness (QED) is 0.930. The molecule has 20 heavy (non-hydrogen) atoms. The second-order valence-electron chi connectivity index (χ2n) is 5.07. The van der Waals surface area contributed by atoms with Crippen LogP contribution in [0.4, 0.5) is 10.2 Å². The second kappa shape index (κ2) is 5.12. The van der Waals surface area contributed by atoms with Crippen LogP contribution in [0.25, 0.3) is 0 Å². The van der Waals surface area contributed by atoms with Crippen LogP contribution < -0.4 is 10.1 Å². The number of benzene rings is 1. The standard InChI is InChI=1S/C16H17FN2O/c1-10-11(2)15(6-5-14(10)17)20-9-13-4-3-12-7-8-18-16(12)19-13/h3-6H,7-9H2,1-2H3,(H,18,19). The number of pyridine rings is 1. The maximum Gasteiger partial charge on any atom is 0.130 e. The van der Waals surface area contributed by atoms with Crippen molar-refractivity contribution in [3.05, 3.63) is 52.5 Å².